The summed E-state index contributed by atoms with van der Waals surface area (Å²) in [6.45, 7) is 0. The highest BCUT2D eigenvalue weighted by molar-refractivity contribution is 9.12. The van der Waals surface area contributed by atoms with Crippen molar-refractivity contribution in [1.29, 1.82) is 0 Å². The molecule has 1 saturated heterocycles. The largest absolute Gasteiger partial charge is 0.465 e. The highest BCUT2D eigenvalue weighted by Crippen LogP contribution is 2.60. The van der Waals surface area contributed by atoms with Crippen LogP contribution >= 0.6 is 31.9 Å². The SMILES string of the molecule is COC(=O)c1ccccc1N1C(=O)[C@@H]2[C@H]3C[C@@H]([C@@H](Br)[C@H]3Br)[C@H]2C1=O. The molecule has 1 aliphatic heterocycles. The first-order valence-electron chi connectivity index (χ1n) is 7.80. The first kappa shape index (κ1) is 16.3. The van der Waals surface area contributed by atoms with Crippen LogP contribution in [0, 0.1) is 23.7 Å². The Balaban J connectivity index is 1.76. The quantitative estimate of drug-likeness (QED) is 0.390. The number of benzene rings is 1. The number of anilines is 1. The Morgan fingerprint density at radius 1 is 1.08 bits per heavy atom. The summed E-state index contributed by atoms with van der Waals surface area (Å²) in [4.78, 5) is 39.6. The van der Waals surface area contributed by atoms with Gasteiger partial charge in [-0.25, -0.2) is 9.69 Å². The molecule has 0 aromatic heterocycles. The number of carbonyl (C=O) groups is 3. The van der Waals surface area contributed by atoms with Crippen molar-refractivity contribution in [2.45, 2.75) is 16.1 Å². The van der Waals surface area contributed by atoms with Gasteiger partial charge in [0, 0.05) is 9.65 Å². The number of amides is 2. The molecular formula is C17H15Br2NO4. The third-order valence-corrected chi connectivity index (χ3v) is 8.74. The number of carbonyl (C=O) groups excluding carboxylic acids is 3. The molecule has 4 rings (SSSR count). The number of methoxy groups -OCH3 is 1. The van der Waals surface area contributed by atoms with E-state index in [4.69, 9.17) is 4.74 Å². The highest BCUT2D eigenvalue weighted by Gasteiger charge is 2.66. The van der Waals surface area contributed by atoms with Crippen molar-refractivity contribution in [3.05, 3.63) is 29.8 Å². The molecule has 6 atom stereocenters. The zero-order valence-corrected chi connectivity index (χ0v) is 16.0. The van der Waals surface area contributed by atoms with Crippen molar-refractivity contribution >= 4 is 55.3 Å². The molecule has 0 N–H and O–H groups in total. The number of imide groups is 1. The number of hydrogen-bond donors (Lipinski definition) is 0. The van der Waals surface area contributed by atoms with E-state index in [9.17, 15) is 14.4 Å². The van der Waals surface area contributed by atoms with E-state index in [1.165, 1.54) is 12.0 Å². The van der Waals surface area contributed by atoms with Crippen LogP contribution in [-0.4, -0.2) is 34.5 Å². The minimum absolute atomic E-state index is 0.149. The van der Waals surface area contributed by atoms with Crippen molar-refractivity contribution in [2.24, 2.45) is 23.7 Å². The van der Waals surface area contributed by atoms with Gasteiger partial charge in [0.2, 0.25) is 11.8 Å². The number of alkyl halides is 2. The van der Waals surface area contributed by atoms with E-state index < -0.39 is 5.97 Å². The van der Waals surface area contributed by atoms with E-state index in [-0.39, 0.29) is 50.7 Å². The Morgan fingerprint density at radius 3 is 2.17 bits per heavy atom. The fourth-order valence-electron chi connectivity index (χ4n) is 4.54. The summed E-state index contributed by atoms with van der Waals surface area (Å²) in [6, 6.07) is 6.60. The molecule has 2 bridgehead atoms. The summed E-state index contributed by atoms with van der Waals surface area (Å²) in [5, 5.41) is 0. The maximum absolute atomic E-state index is 13.0. The number of fused-ring (bicyclic) bond motifs is 5. The molecule has 0 spiro atoms. The molecular weight excluding hydrogens is 442 g/mol. The van der Waals surface area contributed by atoms with E-state index in [1.807, 2.05) is 0 Å². The first-order chi connectivity index (χ1) is 11.5. The zero-order valence-electron chi connectivity index (χ0n) is 12.8. The maximum atomic E-state index is 13.0. The predicted molar refractivity (Wildman–Crippen MR) is 94.3 cm³/mol. The Hall–Kier alpha value is -1.21. The van der Waals surface area contributed by atoms with Crippen molar-refractivity contribution in [2.75, 3.05) is 12.0 Å². The molecule has 3 aliphatic rings. The lowest BCUT2D eigenvalue weighted by Gasteiger charge is -2.28. The van der Waals surface area contributed by atoms with Gasteiger partial charge in [-0.3, -0.25) is 9.59 Å². The number of halogens is 2. The normalized spacial score (nSPS) is 37.0. The molecule has 2 aliphatic carbocycles. The zero-order chi connectivity index (χ0) is 17.2. The van der Waals surface area contributed by atoms with Gasteiger partial charge in [0.25, 0.3) is 0 Å². The van der Waals surface area contributed by atoms with Crippen LogP contribution in [0.25, 0.3) is 0 Å². The second-order valence-electron chi connectivity index (χ2n) is 6.52. The summed E-state index contributed by atoms with van der Waals surface area (Å²) < 4.78 is 4.79. The number of hydrogen-bond acceptors (Lipinski definition) is 4. The van der Waals surface area contributed by atoms with Gasteiger partial charge in [0.15, 0.2) is 0 Å². The van der Waals surface area contributed by atoms with E-state index in [0.717, 1.165) is 6.42 Å². The fraction of sp³-hybridized carbons (Fsp3) is 0.471. The Morgan fingerprint density at radius 2 is 1.62 bits per heavy atom. The summed E-state index contributed by atoms with van der Waals surface area (Å²) in [5.41, 5.74) is 0.560. The smallest absolute Gasteiger partial charge is 0.339 e. The van der Waals surface area contributed by atoms with Gasteiger partial charge in [0.1, 0.15) is 0 Å². The van der Waals surface area contributed by atoms with Crippen LogP contribution in [0.3, 0.4) is 0 Å². The molecule has 5 nitrogen and oxygen atoms in total. The van der Waals surface area contributed by atoms with Gasteiger partial charge in [-0.15, -0.1) is 0 Å². The minimum Gasteiger partial charge on any atom is -0.465 e. The molecule has 1 aromatic rings. The number of ether oxygens (including phenoxy) is 1. The third-order valence-electron chi connectivity index (χ3n) is 5.54. The van der Waals surface area contributed by atoms with Crippen molar-refractivity contribution in [3.63, 3.8) is 0 Å². The van der Waals surface area contributed by atoms with Gasteiger partial charge in [-0.1, -0.05) is 44.0 Å². The van der Waals surface area contributed by atoms with Crippen molar-refractivity contribution in [1.82, 2.24) is 0 Å². The molecule has 2 saturated carbocycles. The van der Waals surface area contributed by atoms with E-state index >= 15 is 0 Å². The van der Waals surface area contributed by atoms with Gasteiger partial charge in [-0.05, 0) is 30.4 Å². The summed E-state index contributed by atoms with van der Waals surface area (Å²) in [5.74, 6) is -1.25. The van der Waals surface area contributed by atoms with Gasteiger partial charge >= 0.3 is 5.97 Å². The number of rotatable bonds is 2. The lowest BCUT2D eigenvalue weighted by Crippen LogP contribution is -2.37. The standard InChI is InChI=1S/C17H15Br2NO4/c1-24-17(23)7-4-2-3-5-10(7)20-15(21)11-8-6-9(12(11)16(20)22)14(19)13(8)18/h2-5,8-9,11-14H,6H2,1H3/t8-,9-,11-,12-,13-,14+/m1/s1. The lowest BCUT2D eigenvalue weighted by molar-refractivity contribution is -0.123. The molecule has 24 heavy (non-hydrogen) atoms. The van der Waals surface area contributed by atoms with Crippen molar-refractivity contribution in [3.8, 4) is 0 Å². The third kappa shape index (κ3) is 2.00. The van der Waals surface area contributed by atoms with Gasteiger partial charge < -0.3 is 4.74 Å². The van der Waals surface area contributed by atoms with Gasteiger partial charge in [-0.2, -0.15) is 0 Å². The lowest BCUT2D eigenvalue weighted by atomic mass is 9.81. The van der Waals surface area contributed by atoms with Crippen molar-refractivity contribution < 1.29 is 19.1 Å². The number of para-hydroxylation sites is 1. The Bertz CT molecular complexity index is 720. The topological polar surface area (TPSA) is 63.7 Å². The van der Waals surface area contributed by atoms with Crippen LogP contribution in [0.1, 0.15) is 16.8 Å². The fourth-order valence-corrected chi connectivity index (χ4v) is 6.41. The van der Waals surface area contributed by atoms with Crippen LogP contribution < -0.4 is 4.90 Å². The molecule has 1 aromatic carbocycles. The average molecular weight is 457 g/mol. The first-order valence-corrected chi connectivity index (χ1v) is 9.63. The summed E-state index contributed by atoms with van der Waals surface area (Å²) >= 11 is 7.33. The van der Waals surface area contributed by atoms with Crippen LogP contribution in [-0.2, 0) is 14.3 Å². The molecule has 7 heteroatoms. The maximum Gasteiger partial charge on any atom is 0.339 e. The van der Waals surface area contributed by atoms with E-state index in [0.29, 0.717) is 5.69 Å². The van der Waals surface area contributed by atoms with Crippen LogP contribution in [0.15, 0.2) is 24.3 Å². The Labute approximate surface area is 156 Å². The molecule has 0 unspecified atom stereocenters. The predicted octanol–water partition coefficient (Wildman–Crippen LogP) is 2.76. The van der Waals surface area contributed by atoms with E-state index in [2.05, 4.69) is 31.9 Å². The Kier molecular flexibility index (Phi) is 3.84. The average Bonchev–Trinajstić information content (AvgIpc) is 3.19. The summed E-state index contributed by atoms with van der Waals surface area (Å²) in [6.07, 6.45) is 0.880. The van der Waals surface area contributed by atoms with Crippen LogP contribution in [0.2, 0.25) is 0 Å². The van der Waals surface area contributed by atoms with Crippen LogP contribution in [0.5, 0.6) is 0 Å². The van der Waals surface area contributed by atoms with E-state index in [1.54, 1.807) is 24.3 Å². The number of esters is 1. The minimum atomic E-state index is -0.553. The molecule has 0 radical (unpaired) electrons. The number of nitrogens with zero attached hydrogens (tertiary/aromatic N) is 1. The highest BCUT2D eigenvalue weighted by atomic mass is 79.9. The van der Waals surface area contributed by atoms with Gasteiger partial charge in [0.05, 0.1) is 30.2 Å². The molecule has 126 valence electrons. The molecule has 3 fully saturated rings. The summed E-state index contributed by atoms with van der Waals surface area (Å²) in [7, 11) is 1.28. The monoisotopic (exact) mass is 455 g/mol. The molecule has 2 amide bonds. The second kappa shape index (κ2) is 5.66. The second-order valence-corrected chi connectivity index (χ2v) is 8.64. The molecule has 1 heterocycles. The van der Waals surface area contributed by atoms with Crippen LogP contribution in [0.4, 0.5) is 5.69 Å².